The molecule has 0 aromatic carbocycles. The predicted octanol–water partition coefficient (Wildman–Crippen LogP) is 1.95. The fraction of sp³-hybridized carbons (Fsp3) is 0.500. The molecule has 0 N–H and O–H groups in total. The van der Waals surface area contributed by atoms with Crippen molar-refractivity contribution in [3.05, 3.63) is 12.0 Å². The van der Waals surface area contributed by atoms with Gasteiger partial charge in [-0.05, 0) is 18.8 Å². The molecule has 1 aliphatic carbocycles. The van der Waals surface area contributed by atoms with E-state index in [-0.39, 0.29) is 7.43 Å². The van der Waals surface area contributed by atoms with Crippen LogP contribution < -0.4 is 0 Å². The SMILES string of the molecule is C.C#Cc1ncc2nnn(C3CCCC3)c2n1. The molecule has 0 amide bonds. The number of nitrogens with zero attached hydrogens (tertiary/aromatic N) is 5. The van der Waals surface area contributed by atoms with E-state index in [0.29, 0.717) is 17.4 Å². The summed E-state index contributed by atoms with van der Waals surface area (Å²) >= 11 is 0. The van der Waals surface area contributed by atoms with Crippen LogP contribution in [0.5, 0.6) is 0 Å². The molecule has 2 aromatic rings. The summed E-state index contributed by atoms with van der Waals surface area (Å²) in [6.45, 7) is 0. The van der Waals surface area contributed by atoms with Gasteiger partial charge in [0.15, 0.2) is 11.2 Å². The number of rotatable bonds is 1. The normalized spacial score (nSPS) is 15.7. The van der Waals surface area contributed by atoms with E-state index < -0.39 is 0 Å². The third-order valence-corrected chi connectivity index (χ3v) is 3.02. The van der Waals surface area contributed by atoms with Gasteiger partial charge >= 0.3 is 0 Å². The van der Waals surface area contributed by atoms with Gasteiger partial charge in [0, 0.05) is 0 Å². The van der Waals surface area contributed by atoms with Crippen molar-refractivity contribution in [2.24, 2.45) is 0 Å². The van der Waals surface area contributed by atoms with E-state index in [9.17, 15) is 0 Å². The van der Waals surface area contributed by atoms with Gasteiger partial charge in [-0.3, -0.25) is 0 Å². The van der Waals surface area contributed by atoms with Crippen LogP contribution in [0.2, 0.25) is 0 Å². The summed E-state index contributed by atoms with van der Waals surface area (Å²) in [7, 11) is 0. The zero-order valence-corrected chi connectivity index (χ0v) is 8.80. The predicted molar refractivity (Wildman–Crippen MR) is 65.3 cm³/mol. The minimum Gasteiger partial charge on any atom is -0.227 e. The molecule has 0 spiro atoms. The summed E-state index contributed by atoms with van der Waals surface area (Å²) in [6, 6.07) is 0.422. The summed E-state index contributed by atoms with van der Waals surface area (Å²) in [5, 5.41) is 8.21. The first-order chi connectivity index (χ1) is 7.88. The minimum absolute atomic E-state index is 0. The molecule has 0 atom stereocenters. The van der Waals surface area contributed by atoms with Crippen LogP contribution in [0.3, 0.4) is 0 Å². The standard InChI is InChI=1S/C11H11N5.CH4/c1-2-10-12-7-9-11(13-10)16(15-14-9)8-5-3-4-6-8;/h1,7-8H,3-6H2;1H4. The Morgan fingerprint density at radius 1 is 1.35 bits per heavy atom. The van der Waals surface area contributed by atoms with Crippen LogP contribution in [0.4, 0.5) is 0 Å². The summed E-state index contributed by atoms with van der Waals surface area (Å²) in [5.74, 6) is 2.83. The third-order valence-electron chi connectivity index (χ3n) is 3.02. The molecule has 0 radical (unpaired) electrons. The Bertz CT molecular complexity index is 560. The quantitative estimate of drug-likeness (QED) is 0.701. The zero-order valence-electron chi connectivity index (χ0n) is 8.80. The number of fused-ring (bicyclic) bond motifs is 1. The van der Waals surface area contributed by atoms with Gasteiger partial charge in [-0.2, -0.15) is 4.98 Å². The first-order valence-electron chi connectivity index (χ1n) is 5.43. The van der Waals surface area contributed by atoms with Gasteiger partial charge in [-0.15, -0.1) is 11.5 Å². The van der Waals surface area contributed by atoms with Crippen molar-refractivity contribution in [1.29, 1.82) is 0 Å². The van der Waals surface area contributed by atoms with Gasteiger partial charge in [0.05, 0.1) is 12.2 Å². The Balaban J connectivity index is 0.00000108. The Labute approximate surface area is 100 Å². The highest BCUT2D eigenvalue weighted by Crippen LogP contribution is 2.30. The maximum absolute atomic E-state index is 5.29. The molecule has 0 saturated heterocycles. The van der Waals surface area contributed by atoms with Crippen LogP contribution >= 0.6 is 0 Å². The summed E-state index contributed by atoms with van der Waals surface area (Å²) in [6.07, 6.45) is 11.7. The molecule has 0 bridgehead atoms. The highest BCUT2D eigenvalue weighted by Gasteiger charge is 2.21. The van der Waals surface area contributed by atoms with Crippen molar-refractivity contribution in [2.45, 2.75) is 39.2 Å². The van der Waals surface area contributed by atoms with E-state index in [1.54, 1.807) is 6.20 Å². The number of terminal acetylenes is 1. The van der Waals surface area contributed by atoms with Crippen LogP contribution in [0.15, 0.2) is 6.20 Å². The first kappa shape index (κ1) is 11.5. The van der Waals surface area contributed by atoms with Gasteiger partial charge in [0.2, 0.25) is 5.82 Å². The zero-order chi connectivity index (χ0) is 11.0. The Hall–Kier alpha value is -1.96. The number of hydrogen-bond acceptors (Lipinski definition) is 4. The van der Waals surface area contributed by atoms with Crippen molar-refractivity contribution in [1.82, 2.24) is 25.0 Å². The molecule has 0 unspecified atom stereocenters. The summed E-state index contributed by atoms with van der Waals surface area (Å²) in [5.41, 5.74) is 1.47. The largest absolute Gasteiger partial charge is 0.227 e. The van der Waals surface area contributed by atoms with Crippen LogP contribution in [0.1, 0.15) is 45.0 Å². The van der Waals surface area contributed by atoms with E-state index in [1.807, 2.05) is 4.68 Å². The lowest BCUT2D eigenvalue weighted by molar-refractivity contribution is 0.464. The van der Waals surface area contributed by atoms with Gasteiger partial charge in [-0.1, -0.05) is 25.5 Å². The highest BCUT2D eigenvalue weighted by molar-refractivity contribution is 5.68. The molecule has 3 rings (SSSR count). The second-order valence-electron chi connectivity index (χ2n) is 4.02. The van der Waals surface area contributed by atoms with Crippen molar-refractivity contribution < 1.29 is 0 Å². The number of hydrogen-bond donors (Lipinski definition) is 0. The average Bonchev–Trinajstić information content (AvgIpc) is 2.96. The first-order valence-corrected chi connectivity index (χ1v) is 5.43. The molecule has 17 heavy (non-hydrogen) atoms. The van der Waals surface area contributed by atoms with Crippen LogP contribution in [0.25, 0.3) is 11.2 Å². The van der Waals surface area contributed by atoms with E-state index in [2.05, 4.69) is 26.2 Å². The molecule has 1 saturated carbocycles. The maximum Gasteiger partial charge on any atom is 0.206 e. The van der Waals surface area contributed by atoms with Crippen molar-refractivity contribution in [3.63, 3.8) is 0 Å². The fourth-order valence-electron chi connectivity index (χ4n) is 2.21. The van der Waals surface area contributed by atoms with Gasteiger partial charge in [0.1, 0.15) is 0 Å². The second kappa shape index (κ2) is 4.50. The van der Waals surface area contributed by atoms with E-state index in [1.165, 1.54) is 12.8 Å². The van der Waals surface area contributed by atoms with Crippen LogP contribution in [-0.2, 0) is 0 Å². The van der Waals surface area contributed by atoms with Crippen LogP contribution in [-0.4, -0.2) is 25.0 Å². The van der Waals surface area contributed by atoms with Gasteiger partial charge < -0.3 is 0 Å². The average molecular weight is 229 g/mol. The molecule has 1 aliphatic rings. The van der Waals surface area contributed by atoms with Crippen molar-refractivity contribution >= 4 is 11.2 Å². The fourth-order valence-corrected chi connectivity index (χ4v) is 2.21. The van der Waals surface area contributed by atoms with Gasteiger partial charge in [-0.25, -0.2) is 9.67 Å². The smallest absolute Gasteiger partial charge is 0.206 e. The Kier molecular flexibility index (Phi) is 3.05. The molecule has 2 heterocycles. The Morgan fingerprint density at radius 2 is 2.12 bits per heavy atom. The summed E-state index contributed by atoms with van der Waals surface area (Å²) < 4.78 is 1.89. The maximum atomic E-state index is 5.29. The number of aromatic nitrogens is 5. The van der Waals surface area contributed by atoms with E-state index >= 15 is 0 Å². The lowest BCUT2D eigenvalue weighted by Crippen LogP contribution is -2.07. The molecule has 0 aliphatic heterocycles. The molecule has 1 fully saturated rings. The molecular formula is C12H15N5. The monoisotopic (exact) mass is 229 g/mol. The molecular weight excluding hydrogens is 214 g/mol. The lowest BCUT2D eigenvalue weighted by atomic mass is 10.2. The van der Waals surface area contributed by atoms with E-state index in [4.69, 9.17) is 6.42 Å². The lowest BCUT2D eigenvalue weighted by Gasteiger charge is -2.08. The molecule has 88 valence electrons. The van der Waals surface area contributed by atoms with Crippen LogP contribution in [0, 0.1) is 12.3 Å². The van der Waals surface area contributed by atoms with Gasteiger partial charge in [0.25, 0.3) is 0 Å². The minimum atomic E-state index is 0. The molecule has 5 heteroatoms. The van der Waals surface area contributed by atoms with E-state index in [0.717, 1.165) is 18.5 Å². The van der Waals surface area contributed by atoms with Crippen molar-refractivity contribution in [3.8, 4) is 12.3 Å². The van der Waals surface area contributed by atoms with Crippen molar-refractivity contribution in [2.75, 3.05) is 0 Å². The molecule has 5 nitrogen and oxygen atoms in total. The molecule has 2 aromatic heterocycles. The third kappa shape index (κ3) is 1.86. The Morgan fingerprint density at radius 3 is 2.82 bits per heavy atom. The summed E-state index contributed by atoms with van der Waals surface area (Å²) in [4.78, 5) is 8.29. The topological polar surface area (TPSA) is 56.5 Å². The highest BCUT2D eigenvalue weighted by atomic mass is 15.5. The second-order valence-corrected chi connectivity index (χ2v) is 4.02.